The lowest BCUT2D eigenvalue weighted by atomic mass is 10.1. The van der Waals surface area contributed by atoms with E-state index in [2.05, 4.69) is 69.2 Å². The Morgan fingerprint density at radius 2 is 1.79 bits per heavy atom. The molecular formula is C28H32N4O. The van der Waals surface area contributed by atoms with Gasteiger partial charge in [0.25, 0.3) is 0 Å². The first-order valence-corrected chi connectivity index (χ1v) is 12.2. The van der Waals surface area contributed by atoms with Crippen molar-refractivity contribution < 1.29 is 4.79 Å². The molecule has 33 heavy (non-hydrogen) atoms. The minimum absolute atomic E-state index is 0.276. The number of aryl methyl sites for hydroxylation is 1. The van der Waals surface area contributed by atoms with Crippen LogP contribution in [0, 0.1) is 0 Å². The summed E-state index contributed by atoms with van der Waals surface area (Å²) in [6.45, 7) is 6.25. The second kappa shape index (κ2) is 9.75. The van der Waals surface area contributed by atoms with Crippen LogP contribution < -0.4 is 5.32 Å². The highest BCUT2D eigenvalue weighted by molar-refractivity contribution is 6.09. The molecule has 1 aliphatic rings. The predicted octanol–water partition coefficient (Wildman–Crippen LogP) is 5.94. The molecule has 1 aliphatic heterocycles. The van der Waals surface area contributed by atoms with Crippen LogP contribution in [0.3, 0.4) is 0 Å². The minimum atomic E-state index is 0.276. The summed E-state index contributed by atoms with van der Waals surface area (Å²) >= 11 is 0. The number of hydrogen-bond donors (Lipinski definition) is 1. The highest BCUT2D eigenvalue weighted by Crippen LogP contribution is 2.32. The molecule has 0 spiro atoms. The van der Waals surface area contributed by atoms with Gasteiger partial charge in [0.15, 0.2) is 0 Å². The van der Waals surface area contributed by atoms with Gasteiger partial charge in [-0.2, -0.15) is 0 Å². The van der Waals surface area contributed by atoms with Crippen molar-refractivity contribution >= 4 is 39.1 Å². The van der Waals surface area contributed by atoms with E-state index in [0.717, 1.165) is 43.2 Å². The molecule has 1 fully saturated rings. The SMILES string of the molecule is CCn1c2ccccc2c2cc(Nc3ncccc3CC(=O)CCN3CCCCC3)ccc21. The molecule has 170 valence electrons. The zero-order chi connectivity index (χ0) is 22.6. The molecule has 0 atom stereocenters. The van der Waals surface area contributed by atoms with Crippen molar-refractivity contribution in [3.05, 3.63) is 66.4 Å². The van der Waals surface area contributed by atoms with Gasteiger partial charge in [-0.15, -0.1) is 0 Å². The van der Waals surface area contributed by atoms with Gasteiger partial charge in [-0.25, -0.2) is 4.98 Å². The Labute approximate surface area is 195 Å². The molecule has 1 saturated heterocycles. The molecule has 2 aromatic heterocycles. The first-order chi connectivity index (χ1) is 16.2. The number of fused-ring (bicyclic) bond motifs is 3. The molecule has 0 aliphatic carbocycles. The number of aromatic nitrogens is 2. The maximum absolute atomic E-state index is 12.7. The Morgan fingerprint density at radius 3 is 2.64 bits per heavy atom. The van der Waals surface area contributed by atoms with Crippen LogP contribution in [0.1, 0.15) is 38.2 Å². The van der Waals surface area contributed by atoms with Gasteiger partial charge in [0.05, 0.1) is 0 Å². The molecule has 1 N–H and O–H groups in total. The third-order valence-electron chi connectivity index (χ3n) is 6.79. The zero-order valence-corrected chi connectivity index (χ0v) is 19.4. The normalized spacial score (nSPS) is 14.7. The summed E-state index contributed by atoms with van der Waals surface area (Å²) in [5.74, 6) is 1.04. The van der Waals surface area contributed by atoms with Crippen LogP contribution >= 0.6 is 0 Å². The average Bonchev–Trinajstić information content (AvgIpc) is 3.17. The molecule has 5 rings (SSSR count). The summed E-state index contributed by atoms with van der Waals surface area (Å²) in [5.41, 5.74) is 4.43. The maximum Gasteiger partial charge on any atom is 0.138 e. The van der Waals surface area contributed by atoms with Gasteiger partial charge in [0.2, 0.25) is 0 Å². The lowest BCUT2D eigenvalue weighted by Gasteiger charge is -2.25. The molecule has 5 nitrogen and oxygen atoms in total. The molecule has 3 heterocycles. The van der Waals surface area contributed by atoms with E-state index in [-0.39, 0.29) is 5.78 Å². The third kappa shape index (κ3) is 4.64. The van der Waals surface area contributed by atoms with Crippen LogP contribution in [-0.2, 0) is 17.8 Å². The Balaban J connectivity index is 1.34. The molecule has 0 unspecified atom stereocenters. The second-order valence-electron chi connectivity index (χ2n) is 9.00. The molecule has 2 aromatic carbocycles. The zero-order valence-electron chi connectivity index (χ0n) is 19.4. The van der Waals surface area contributed by atoms with Crippen molar-refractivity contribution in [2.75, 3.05) is 25.0 Å². The van der Waals surface area contributed by atoms with Crippen molar-refractivity contribution in [1.29, 1.82) is 0 Å². The standard InChI is InChI=1S/C28H32N4O/c1-2-32-26-11-5-4-10-24(26)25-20-22(12-13-27(25)32)30-28-21(9-8-15-29-28)19-23(33)14-18-31-16-6-3-7-17-31/h4-5,8-13,15,20H,2-3,6-7,14,16-19H2,1H3,(H,29,30). The van der Waals surface area contributed by atoms with Gasteiger partial charge in [-0.05, 0) is 63.2 Å². The predicted molar refractivity (Wildman–Crippen MR) is 136 cm³/mol. The van der Waals surface area contributed by atoms with E-state index in [9.17, 15) is 4.79 Å². The fourth-order valence-corrected chi connectivity index (χ4v) is 5.07. The summed E-state index contributed by atoms with van der Waals surface area (Å²) in [5, 5.41) is 5.97. The number of nitrogens with zero attached hydrogens (tertiary/aromatic N) is 3. The highest BCUT2D eigenvalue weighted by atomic mass is 16.1. The smallest absolute Gasteiger partial charge is 0.138 e. The molecule has 0 bridgehead atoms. The Bertz CT molecular complexity index is 1270. The number of hydrogen-bond acceptors (Lipinski definition) is 4. The van der Waals surface area contributed by atoms with Crippen LogP contribution in [0.15, 0.2) is 60.8 Å². The van der Waals surface area contributed by atoms with E-state index in [4.69, 9.17) is 0 Å². The van der Waals surface area contributed by atoms with E-state index >= 15 is 0 Å². The van der Waals surface area contributed by atoms with Gasteiger partial charge >= 0.3 is 0 Å². The van der Waals surface area contributed by atoms with Crippen molar-refractivity contribution in [3.63, 3.8) is 0 Å². The van der Waals surface area contributed by atoms with E-state index in [1.165, 1.54) is 41.1 Å². The topological polar surface area (TPSA) is 50.2 Å². The molecule has 5 heteroatoms. The minimum Gasteiger partial charge on any atom is -0.341 e. The number of rotatable bonds is 8. The van der Waals surface area contributed by atoms with E-state index in [0.29, 0.717) is 12.8 Å². The number of pyridine rings is 1. The molecule has 0 saturated carbocycles. The number of carbonyl (C=O) groups excluding carboxylic acids is 1. The van der Waals surface area contributed by atoms with Gasteiger partial charge in [0.1, 0.15) is 11.6 Å². The van der Waals surface area contributed by atoms with Crippen LogP contribution in [0.25, 0.3) is 21.8 Å². The Hall–Kier alpha value is -3.18. The summed E-state index contributed by atoms with van der Waals surface area (Å²) in [6.07, 6.45) is 6.64. The van der Waals surface area contributed by atoms with E-state index in [1.54, 1.807) is 6.20 Å². The average molecular weight is 441 g/mol. The number of ketones is 1. The summed E-state index contributed by atoms with van der Waals surface area (Å²) in [4.78, 5) is 19.7. The number of Topliss-reactive ketones (excluding diaryl/α,β-unsaturated/α-hetero) is 1. The quantitative estimate of drug-likeness (QED) is 0.368. The monoisotopic (exact) mass is 440 g/mol. The van der Waals surface area contributed by atoms with Crippen LogP contribution in [0.5, 0.6) is 0 Å². The number of nitrogens with one attached hydrogen (secondary N) is 1. The van der Waals surface area contributed by atoms with Gasteiger partial charge in [0, 0.05) is 65.2 Å². The summed E-state index contributed by atoms with van der Waals surface area (Å²) in [6, 6.07) is 18.9. The van der Waals surface area contributed by atoms with Crippen LogP contribution in [0.4, 0.5) is 11.5 Å². The maximum atomic E-state index is 12.7. The van der Waals surface area contributed by atoms with E-state index < -0.39 is 0 Å². The van der Waals surface area contributed by atoms with Crippen molar-refractivity contribution in [3.8, 4) is 0 Å². The largest absolute Gasteiger partial charge is 0.341 e. The van der Waals surface area contributed by atoms with Crippen LogP contribution in [-0.4, -0.2) is 39.9 Å². The number of piperidine rings is 1. The number of anilines is 2. The Morgan fingerprint density at radius 1 is 0.970 bits per heavy atom. The fraction of sp³-hybridized carbons (Fsp3) is 0.357. The van der Waals surface area contributed by atoms with Crippen molar-refractivity contribution in [2.45, 2.75) is 45.6 Å². The van der Waals surface area contributed by atoms with Crippen LogP contribution in [0.2, 0.25) is 0 Å². The number of para-hydroxylation sites is 1. The third-order valence-corrected chi connectivity index (χ3v) is 6.79. The number of carbonyl (C=O) groups is 1. The molecule has 0 amide bonds. The Kier molecular flexibility index (Phi) is 6.40. The van der Waals surface area contributed by atoms with Crippen molar-refractivity contribution in [1.82, 2.24) is 14.5 Å². The number of likely N-dealkylation sites (tertiary alicyclic amines) is 1. The lowest BCUT2D eigenvalue weighted by Crippen LogP contribution is -2.31. The molecular weight excluding hydrogens is 408 g/mol. The number of benzene rings is 2. The van der Waals surface area contributed by atoms with Gasteiger partial charge in [-0.3, -0.25) is 4.79 Å². The van der Waals surface area contributed by atoms with Gasteiger partial charge in [-0.1, -0.05) is 30.7 Å². The van der Waals surface area contributed by atoms with Crippen molar-refractivity contribution in [2.24, 2.45) is 0 Å². The highest BCUT2D eigenvalue weighted by Gasteiger charge is 2.15. The first-order valence-electron chi connectivity index (χ1n) is 12.2. The first kappa shape index (κ1) is 21.7. The fourth-order valence-electron chi connectivity index (χ4n) is 5.07. The second-order valence-corrected chi connectivity index (χ2v) is 9.00. The summed E-state index contributed by atoms with van der Waals surface area (Å²) in [7, 11) is 0. The van der Waals surface area contributed by atoms with E-state index in [1.807, 2.05) is 12.1 Å². The lowest BCUT2D eigenvalue weighted by molar-refractivity contribution is -0.118. The van der Waals surface area contributed by atoms with Gasteiger partial charge < -0.3 is 14.8 Å². The molecule has 0 radical (unpaired) electrons. The molecule has 4 aromatic rings. The summed E-state index contributed by atoms with van der Waals surface area (Å²) < 4.78 is 2.35.